The minimum absolute atomic E-state index is 0.429. The van der Waals surface area contributed by atoms with E-state index < -0.39 is 23.3 Å². The van der Waals surface area contributed by atoms with Gasteiger partial charge < -0.3 is 10.2 Å². The van der Waals surface area contributed by atoms with Gasteiger partial charge >= 0.3 is 11.9 Å². The van der Waals surface area contributed by atoms with Gasteiger partial charge in [0.25, 0.3) is 0 Å². The van der Waals surface area contributed by atoms with Crippen LogP contribution < -0.4 is 0 Å². The molecular weight excluding hydrogens is 324 g/mol. The van der Waals surface area contributed by atoms with Crippen LogP contribution in [0.15, 0.2) is 48.5 Å². The number of carboxylic acids is 2. The molecule has 2 aromatic heterocycles. The topological polar surface area (TPSA) is 118 Å². The van der Waals surface area contributed by atoms with Gasteiger partial charge in [0.1, 0.15) is 0 Å². The predicted molar refractivity (Wildman–Crippen MR) is 88.1 cm³/mol. The smallest absolute Gasteiger partial charge is 0.359 e. The standard InChI is InChI=1S/C17H10N4O4/c22-16(23)13-15(17(24)25)21(20-19-13)14-9-5-1-3-7-11(9)18-12-8-4-2-6-10(12)14/h1-8H,(H,22,23)(H,24,25). The zero-order valence-electron chi connectivity index (χ0n) is 12.6. The summed E-state index contributed by atoms with van der Waals surface area (Å²) in [5.41, 5.74) is 0.588. The molecule has 4 rings (SSSR count). The highest BCUT2D eigenvalue weighted by Gasteiger charge is 2.27. The van der Waals surface area contributed by atoms with Crippen molar-refractivity contribution in [2.24, 2.45) is 0 Å². The maximum Gasteiger partial charge on any atom is 0.359 e. The van der Waals surface area contributed by atoms with E-state index in [9.17, 15) is 19.8 Å². The Morgan fingerprint density at radius 3 is 1.92 bits per heavy atom. The summed E-state index contributed by atoms with van der Waals surface area (Å²) in [5, 5.41) is 27.4. The molecule has 0 aliphatic carbocycles. The fraction of sp³-hybridized carbons (Fsp3) is 0. The molecule has 2 heterocycles. The molecule has 8 heteroatoms. The van der Waals surface area contributed by atoms with Gasteiger partial charge in [-0.1, -0.05) is 41.6 Å². The molecule has 25 heavy (non-hydrogen) atoms. The van der Waals surface area contributed by atoms with Crippen molar-refractivity contribution in [1.82, 2.24) is 20.0 Å². The Kier molecular flexibility index (Phi) is 3.17. The van der Waals surface area contributed by atoms with Crippen LogP contribution in [0.25, 0.3) is 27.5 Å². The molecule has 0 saturated heterocycles. The molecule has 2 aromatic carbocycles. The number of rotatable bonds is 3. The Hall–Kier alpha value is -3.81. The molecule has 0 saturated carbocycles. The molecule has 0 atom stereocenters. The Bertz CT molecular complexity index is 1110. The molecule has 0 unspecified atom stereocenters. The first kappa shape index (κ1) is 14.8. The van der Waals surface area contributed by atoms with E-state index in [1.54, 1.807) is 36.4 Å². The second-order valence-electron chi connectivity index (χ2n) is 5.30. The van der Waals surface area contributed by atoms with Crippen LogP contribution in [-0.4, -0.2) is 42.1 Å². The third kappa shape index (κ3) is 2.19. The third-order valence-electron chi connectivity index (χ3n) is 3.85. The first-order chi connectivity index (χ1) is 12.1. The van der Waals surface area contributed by atoms with E-state index in [1.807, 2.05) is 12.1 Å². The fourth-order valence-electron chi connectivity index (χ4n) is 2.82. The Balaban J connectivity index is 2.20. The number of hydrogen-bond donors (Lipinski definition) is 2. The fourth-order valence-corrected chi connectivity index (χ4v) is 2.82. The molecule has 0 spiro atoms. The van der Waals surface area contributed by atoms with Gasteiger partial charge in [-0.25, -0.2) is 19.3 Å². The number of nitrogens with zero attached hydrogens (tertiary/aromatic N) is 4. The van der Waals surface area contributed by atoms with Gasteiger partial charge in [0.05, 0.1) is 16.7 Å². The predicted octanol–water partition coefficient (Wildman–Crippen LogP) is 2.37. The largest absolute Gasteiger partial charge is 0.476 e. The van der Waals surface area contributed by atoms with Crippen molar-refractivity contribution in [1.29, 1.82) is 0 Å². The number of carboxylic acid groups (broad SMARTS) is 2. The summed E-state index contributed by atoms with van der Waals surface area (Å²) in [6.45, 7) is 0. The number of aromatic carboxylic acids is 2. The second-order valence-corrected chi connectivity index (χ2v) is 5.30. The van der Waals surface area contributed by atoms with Crippen molar-refractivity contribution in [2.45, 2.75) is 0 Å². The zero-order valence-corrected chi connectivity index (χ0v) is 12.6. The second kappa shape index (κ2) is 5.38. The SMILES string of the molecule is O=C(O)c1nnn(-c2c3ccccc3nc3ccccc23)c1C(=O)O. The monoisotopic (exact) mass is 334 g/mol. The van der Waals surface area contributed by atoms with Gasteiger partial charge in [-0.15, -0.1) is 5.10 Å². The van der Waals surface area contributed by atoms with Crippen LogP contribution in [0, 0.1) is 0 Å². The third-order valence-corrected chi connectivity index (χ3v) is 3.85. The molecule has 8 nitrogen and oxygen atoms in total. The average Bonchev–Trinajstić information content (AvgIpc) is 3.04. The quantitative estimate of drug-likeness (QED) is 0.552. The van der Waals surface area contributed by atoms with Gasteiger partial charge in [0.15, 0.2) is 5.69 Å². The van der Waals surface area contributed by atoms with Crippen molar-refractivity contribution in [3.63, 3.8) is 0 Å². The summed E-state index contributed by atoms with van der Waals surface area (Å²) >= 11 is 0. The van der Waals surface area contributed by atoms with Crippen molar-refractivity contribution >= 4 is 33.7 Å². The van der Waals surface area contributed by atoms with Crippen LogP contribution in [0.2, 0.25) is 0 Å². The van der Waals surface area contributed by atoms with Gasteiger partial charge in [-0.2, -0.15) is 0 Å². The minimum Gasteiger partial charge on any atom is -0.476 e. The maximum atomic E-state index is 11.7. The number of aromatic nitrogens is 4. The molecule has 122 valence electrons. The molecule has 0 amide bonds. The van der Waals surface area contributed by atoms with Gasteiger partial charge in [-0.3, -0.25) is 0 Å². The lowest BCUT2D eigenvalue weighted by molar-refractivity contribution is 0.0642. The van der Waals surface area contributed by atoms with Crippen molar-refractivity contribution in [3.05, 3.63) is 59.9 Å². The van der Waals surface area contributed by atoms with E-state index in [0.717, 1.165) is 4.68 Å². The number of pyridine rings is 1. The normalized spacial score (nSPS) is 11.0. The van der Waals surface area contributed by atoms with Crippen molar-refractivity contribution in [2.75, 3.05) is 0 Å². The summed E-state index contributed by atoms with van der Waals surface area (Å²) in [7, 11) is 0. The van der Waals surface area contributed by atoms with E-state index in [-0.39, 0.29) is 0 Å². The highest BCUT2D eigenvalue weighted by Crippen LogP contribution is 2.30. The first-order valence-corrected chi connectivity index (χ1v) is 7.28. The van der Waals surface area contributed by atoms with E-state index >= 15 is 0 Å². The first-order valence-electron chi connectivity index (χ1n) is 7.28. The summed E-state index contributed by atoms with van der Waals surface area (Å²) in [4.78, 5) is 27.5. The number of fused-ring (bicyclic) bond motifs is 2. The van der Waals surface area contributed by atoms with E-state index in [1.165, 1.54) is 0 Å². The maximum absolute atomic E-state index is 11.7. The molecular formula is C17H10N4O4. The van der Waals surface area contributed by atoms with Crippen LogP contribution >= 0.6 is 0 Å². The summed E-state index contributed by atoms with van der Waals surface area (Å²) in [5.74, 6) is -2.88. The summed E-state index contributed by atoms with van der Waals surface area (Å²) < 4.78 is 1.05. The molecule has 4 aromatic rings. The minimum atomic E-state index is -1.45. The van der Waals surface area contributed by atoms with Gasteiger partial charge in [-0.05, 0) is 12.1 Å². The Labute approximate surface area is 140 Å². The van der Waals surface area contributed by atoms with E-state index in [2.05, 4.69) is 15.3 Å². The molecule has 0 aliphatic rings. The lowest BCUT2D eigenvalue weighted by atomic mass is 10.1. The average molecular weight is 334 g/mol. The van der Waals surface area contributed by atoms with Gasteiger partial charge in [0.2, 0.25) is 5.69 Å². The van der Waals surface area contributed by atoms with Crippen molar-refractivity contribution < 1.29 is 19.8 Å². The van der Waals surface area contributed by atoms with Crippen LogP contribution in [0.5, 0.6) is 0 Å². The molecule has 0 bridgehead atoms. The Morgan fingerprint density at radius 1 is 0.840 bits per heavy atom. The Morgan fingerprint density at radius 2 is 1.40 bits per heavy atom. The number of benzene rings is 2. The summed E-state index contributed by atoms with van der Waals surface area (Å²) in [6, 6.07) is 14.3. The number of carbonyl (C=O) groups is 2. The molecule has 2 N–H and O–H groups in total. The molecule has 0 aliphatic heterocycles. The highest BCUT2D eigenvalue weighted by molar-refractivity contribution is 6.05. The van der Waals surface area contributed by atoms with E-state index in [4.69, 9.17) is 0 Å². The number of para-hydroxylation sites is 2. The molecule has 0 radical (unpaired) electrons. The zero-order chi connectivity index (χ0) is 17.6. The van der Waals surface area contributed by atoms with E-state index in [0.29, 0.717) is 27.5 Å². The van der Waals surface area contributed by atoms with Crippen LogP contribution in [0.3, 0.4) is 0 Å². The molecule has 0 fully saturated rings. The van der Waals surface area contributed by atoms with Crippen molar-refractivity contribution in [3.8, 4) is 5.69 Å². The number of hydrogen-bond acceptors (Lipinski definition) is 5. The van der Waals surface area contributed by atoms with Crippen LogP contribution in [-0.2, 0) is 0 Å². The lowest BCUT2D eigenvalue weighted by Crippen LogP contribution is -2.13. The van der Waals surface area contributed by atoms with Crippen LogP contribution in [0.4, 0.5) is 0 Å². The van der Waals surface area contributed by atoms with Gasteiger partial charge in [0, 0.05) is 10.8 Å². The summed E-state index contributed by atoms with van der Waals surface area (Å²) in [6.07, 6.45) is 0. The highest BCUT2D eigenvalue weighted by atomic mass is 16.4. The van der Waals surface area contributed by atoms with Crippen LogP contribution in [0.1, 0.15) is 21.0 Å². The lowest BCUT2D eigenvalue weighted by Gasteiger charge is -2.11.